The first-order chi connectivity index (χ1) is 20.3. The van der Waals surface area contributed by atoms with Crippen molar-refractivity contribution in [3.8, 4) is 5.75 Å². The Morgan fingerprint density at radius 3 is 2.64 bits per heavy atom. The third-order valence-electron chi connectivity index (χ3n) is 7.69. The van der Waals surface area contributed by atoms with Gasteiger partial charge in [-0.25, -0.2) is 22.9 Å². The third-order valence-corrected chi connectivity index (χ3v) is 7.93. The molecule has 1 aromatic heterocycles. The lowest BCUT2D eigenvalue weighted by molar-refractivity contribution is -0.0592. The fourth-order valence-electron chi connectivity index (χ4n) is 5.27. The van der Waals surface area contributed by atoms with Crippen LogP contribution in [0.1, 0.15) is 40.2 Å². The van der Waals surface area contributed by atoms with E-state index in [0.717, 1.165) is 17.6 Å². The summed E-state index contributed by atoms with van der Waals surface area (Å²) in [7, 11) is 0. The Morgan fingerprint density at radius 1 is 1.12 bits per heavy atom. The predicted octanol–water partition coefficient (Wildman–Crippen LogP) is 6.46. The second-order valence-electron chi connectivity index (χ2n) is 10.4. The van der Waals surface area contributed by atoms with Gasteiger partial charge in [0, 0.05) is 30.3 Å². The number of carboxylic acid groups (broad SMARTS) is 1. The lowest BCUT2D eigenvalue weighted by Crippen LogP contribution is -2.33. The number of nitrogens with zero attached hydrogens (tertiary/aromatic N) is 3. The maximum Gasteiger partial charge on any atom is 0.338 e. The fraction of sp³-hybridized carbons (Fsp3) is 0.290. The van der Waals surface area contributed by atoms with Gasteiger partial charge in [-0.3, -0.25) is 4.90 Å². The van der Waals surface area contributed by atoms with Gasteiger partial charge in [0.25, 0.3) is 0 Å². The number of ether oxygens (including phenoxy) is 2. The van der Waals surface area contributed by atoms with E-state index in [0.29, 0.717) is 50.5 Å². The monoisotopic (exact) mass is 597 g/mol. The molecule has 7 nitrogen and oxygen atoms in total. The maximum absolute atomic E-state index is 15.3. The Kier molecular flexibility index (Phi) is 7.94. The van der Waals surface area contributed by atoms with Crippen LogP contribution in [0, 0.1) is 17.5 Å². The van der Waals surface area contributed by atoms with Gasteiger partial charge < -0.3 is 19.1 Å². The van der Waals surface area contributed by atoms with Gasteiger partial charge in [0.1, 0.15) is 23.8 Å². The molecule has 6 rings (SSSR count). The van der Waals surface area contributed by atoms with Crippen molar-refractivity contribution in [3.63, 3.8) is 0 Å². The van der Waals surface area contributed by atoms with Gasteiger partial charge in [-0.15, -0.1) is 0 Å². The predicted molar refractivity (Wildman–Crippen MR) is 151 cm³/mol. The van der Waals surface area contributed by atoms with E-state index in [1.165, 1.54) is 30.3 Å². The van der Waals surface area contributed by atoms with Crippen LogP contribution in [0.25, 0.3) is 16.6 Å². The van der Waals surface area contributed by atoms with Gasteiger partial charge in [-0.2, -0.15) is 0 Å². The number of benzene rings is 3. The average molecular weight is 598 g/mol. The second-order valence-corrected chi connectivity index (χ2v) is 10.8. The lowest BCUT2D eigenvalue weighted by Gasteiger charge is -2.29. The first-order valence-corrected chi connectivity index (χ1v) is 13.9. The molecule has 1 atom stereocenters. The number of aromatic nitrogens is 2. The van der Waals surface area contributed by atoms with Crippen molar-refractivity contribution in [3.05, 3.63) is 99.6 Å². The Labute approximate surface area is 244 Å². The van der Waals surface area contributed by atoms with E-state index in [1.54, 1.807) is 22.8 Å². The molecule has 1 unspecified atom stereocenters. The molecule has 0 amide bonds. The summed E-state index contributed by atoms with van der Waals surface area (Å²) in [5, 5.41) is 9.69. The molecule has 1 saturated heterocycles. The molecule has 0 spiro atoms. The third kappa shape index (κ3) is 5.74. The van der Waals surface area contributed by atoms with E-state index in [-0.39, 0.29) is 34.6 Å². The summed E-state index contributed by atoms with van der Waals surface area (Å²) in [6.07, 6.45) is 3.48. The van der Waals surface area contributed by atoms with Crippen molar-refractivity contribution in [1.29, 1.82) is 0 Å². The standard InChI is InChI=1S/C31H27ClF3N3O4/c32-21-3-1-20(25(34)14-21)17-42-27-13-19(2-5-24(27)33)18-7-10-37(11-8-18)16-28-36-26-6-4-23(31(39)40)29(35)30(26)38(28)15-22-9-12-41-22/h1-7,13-14,22H,8-12,15-17H2,(H,39,40). The Balaban J connectivity index is 1.18. The SMILES string of the molecule is O=C(O)c1ccc2nc(CN3CC=C(c4ccc(F)c(OCc5ccc(Cl)cc5F)c4)CC3)n(CC3CCO3)c2c1F. The number of hydrogen-bond donors (Lipinski definition) is 1. The van der Waals surface area contributed by atoms with Gasteiger partial charge in [0.2, 0.25) is 0 Å². The summed E-state index contributed by atoms with van der Waals surface area (Å²) in [5.41, 5.74) is 2.27. The van der Waals surface area contributed by atoms with Gasteiger partial charge in [-0.05, 0) is 60.4 Å². The molecule has 2 aliphatic rings. The topological polar surface area (TPSA) is 76.8 Å². The highest BCUT2D eigenvalue weighted by molar-refractivity contribution is 6.30. The number of aromatic carboxylic acids is 1. The summed E-state index contributed by atoms with van der Waals surface area (Å²) < 4.78 is 56.8. The number of fused-ring (bicyclic) bond motifs is 1. The molecule has 3 heterocycles. The highest BCUT2D eigenvalue weighted by Crippen LogP contribution is 2.30. The Hall–Kier alpha value is -3.86. The lowest BCUT2D eigenvalue weighted by atomic mass is 9.99. The van der Waals surface area contributed by atoms with Crippen molar-refractivity contribution in [2.45, 2.75) is 38.6 Å². The molecule has 0 saturated carbocycles. The van der Waals surface area contributed by atoms with Crippen molar-refractivity contribution in [2.75, 3.05) is 19.7 Å². The Morgan fingerprint density at radius 2 is 1.95 bits per heavy atom. The van der Waals surface area contributed by atoms with Crippen LogP contribution in [0.15, 0.2) is 54.6 Å². The van der Waals surface area contributed by atoms with Crippen molar-refractivity contribution >= 4 is 34.2 Å². The van der Waals surface area contributed by atoms with E-state index in [2.05, 4.69) is 9.88 Å². The molecular formula is C31H27ClF3N3O4. The number of halogens is 4. The summed E-state index contributed by atoms with van der Waals surface area (Å²) >= 11 is 5.80. The fourth-order valence-corrected chi connectivity index (χ4v) is 5.43. The van der Waals surface area contributed by atoms with Crippen molar-refractivity contribution in [2.24, 2.45) is 0 Å². The molecule has 1 fully saturated rings. The highest BCUT2D eigenvalue weighted by atomic mass is 35.5. The molecule has 218 valence electrons. The first-order valence-electron chi connectivity index (χ1n) is 13.6. The smallest absolute Gasteiger partial charge is 0.338 e. The van der Waals surface area contributed by atoms with E-state index >= 15 is 4.39 Å². The zero-order valence-electron chi connectivity index (χ0n) is 22.5. The van der Waals surface area contributed by atoms with Crippen molar-refractivity contribution < 1.29 is 32.5 Å². The van der Waals surface area contributed by atoms with Crippen LogP contribution in [0.4, 0.5) is 13.2 Å². The Bertz CT molecular complexity index is 1700. The molecule has 0 bridgehead atoms. The van der Waals surface area contributed by atoms with E-state index in [4.69, 9.17) is 21.1 Å². The van der Waals surface area contributed by atoms with Gasteiger partial charge >= 0.3 is 5.97 Å². The molecule has 42 heavy (non-hydrogen) atoms. The number of carbonyl (C=O) groups is 1. The van der Waals surface area contributed by atoms with Crippen LogP contribution < -0.4 is 4.74 Å². The number of hydrogen-bond acceptors (Lipinski definition) is 5. The van der Waals surface area contributed by atoms with E-state index in [9.17, 15) is 18.7 Å². The molecule has 0 radical (unpaired) electrons. The molecule has 0 aliphatic carbocycles. The van der Waals surface area contributed by atoms with Gasteiger partial charge in [0.15, 0.2) is 17.4 Å². The van der Waals surface area contributed by atoms with Crippen LogP contribution in [-0.4, -0.2) is 51.3 Å². The minimum atomic E-state index is -1.33. The van der Waals surface area contributed by atoms with Crippen LogP contribution in [0.2, 0.25) is 5.02 Å². The number of imidazole rings is 1. The molecule has 3 aromatic carbocycles. The summed E-state index contributed by atoms with van der Waals surface area (Å²) in [5.74, 6) is -2.53. The average Bonchev–Trinajstić information content (AvgIpc) is 3.29. The second kappa shape index (κ2) is 11.8. The maximum atomic E-state index is 15.3. The van der Waals surface area contributed by atoms with Crippen LogP contribution >= 0.6 is 11.6 Å². The van der Waals surface area contributed by atoms with Crippen LogP contribution in [0.5, 0.6) is 5.75 Å². The molecule has 4 aromatic rings. The van der Waals surface area contributed by atoms with E-state index < -0.39 is 29.0 Å². The number of rotatable bonds is 9. The first kappa shape index (κ1) is 28.3. The molecule has 1 N–H and O–H groups in total. The normalized spacial score (nSPS) is 17.2. The summed E-state index contributed by atoms with van der Waals surface area (Å²) in [6.45, 7) is 2.56. The largest absolute Gasteiger partial charge is 0.486 e. The minimum Gasteiger partial charge on any atom is -0.486 e. The highest BCUT2D eigenvalue weighted by Gasteiger charge is 2.26. The van der Waals surface area contributed by atoms with Crippen LogP contribution in [-0.2, 0) is 24.4 Å². The molecular weight excluding hydrogens is 571 g/mol. The quantitative estimate of drug-likeness (QED) is 0.239. The zero-order valence-corrected chi connectivity index (χ0v) is 23.2. The summed E-state index contributed by atoms with van der Waals surface area (Å²) in [4.78, 5) is 18.4. The molecule has 2 aliphatic heterocycles. The van der Waals surface area contributed by atoms with Crippen molar-refractivity contribution in [1.82, 2.24) is 14.5 Å². The van der Waals surface area contributed by atoms with Crippen LogP contribution in [0.3, 0.4) is 0 Å². The minimum absolute atomic E-state index is 0.0277. The van der Waals surface area contributed by atoms with Gasteiger partial charge in [-0.1, -0.05) is 29.8 Å². The molecule has 11 heteroatoms. The number of carboxylic acids is 1. The summed E-state index contributed by atoms with van der Waals surface area (Å²) in [6, 6.07) is 11.7. The zero-order chi connectivity index (χ0) is 29.4. The van der Waals surface area contributed by atoms with E-state index in [1.807, 2.05) is 6.08 Å². The van der Waals surface area contributed by atoms with Gasteiger partial charge in [0.05, 0.1) is 30.3 Å².